The summed E-state index contributed by atoms with van der Waals surface area (Å²) < 4.78 is 17.1. The molecule has 0 aliphatic heterocycles. The number of carbonyl (C=O) groups is 1. The second-order valence-electron chi connectivity index (χ2n) is 4.46. The highest BCUT2D eigenvalue weighted by molar-refractivity contribution is 5.84. The number of rotatable bonds is 3. The summed E-state index contributed by atoms with van der Waals surface area (Å²) in [5, 5.41) is 3.18. The van der Waals surface area contributed by atoms with Gasteiger partial charge in [-0.15, -0.1) is 0 Å². The van der Waals surface area contributed by atoms with Crippen LogP contribution in [0.5, 0.6) is 5.75 Å². The largest absolute Gasteiger partial charge is 0.494 e. The Balaban J connectivity index is 0.000000191. The first-order chi connectivity index (χ1) is 9.19. The molecule has 0 heterocycles. The topological polar surface area (TPSA) is 38.3 Å². The SMILES string of the molecule is CCNC1CCCCC1=O.COc1ccccc1F. The zero-order valence-corrected chi connectivity index (χ0v) is 11.6. The van der Waals surface area contributed by atoms with Gasteiger partial charge in [0.15, 0.2) is 11.6 Å². The van der Waals surface area contributed by atoms with Crippen molar-refractivity contribution < 1.29 is 13.9 Å². The molecule has 1 fully saturated rings. The van der Waals surface area contributed by atoms with Gasteiger partial charge in [-0.3, -0.25) is 4.79 Å². The van der Waals surface area contributed by atoms with E-state index in [1.165, 1.54) is 19.6 Å². The summed E-state index contributed by atoms with van der Waals surface area (Å²) in [4.78, 5) is 11.1. The maximum Gasteiger partial charge on any atom is 0.165 e. The van der Waals surface area contributed by atoms with Crippen LogP contribution in [0.25, 0.3) is 0 Å². The van der Waals surface area contributed by atoms with Crippen molar-refractivity contribution in [2.45, 2.75) is 38.6 Å². The molecule has 1 aromatic rings. The predicted octanol–water partition coefficient (Wildman–Crippen LogP) is 2.94. The zero-order chi connectivity index (χ0) is 14.1. The van der Waals surface area contributed by atoms with Crippen molar-refractivity contribution >= 4 is 5.78 Å². The lowest BCUT2D eigenvalue weighted by Crippen LogP contribution is -2.38. The molecule has 0 aromatic heterocycles. The van der Waals surface area contributed by atoms with Crippen LogP contribution < -0.4 is 10.1 Å². The van der Waals surface area contributed by atoms with Crippen LogP contribution in [0.4, 0.5) is 4.39 Å². The van der Waals surface area contributed by atoms with E-state index in [-0.39, 0.29) is 17.6 Å². The van der Waals surface area contributed by atoms with Crippen molar-refractivity contribution in [2.24, 2.45) is 0 Å². The van der Waals surface area contributed by atoms with Gasteiger partial charge in [-0.25, -0.2) is 4.39 Å². The number of nitrogens with one attached hydrogen (secondary N) is 1. The average Bonchev–Trinajstić information content (AvgIpc) is 2.43. The summed E-state index contributed by atoms with van der Waals surface area (Å²) in [5.41, 5.74) is 0. The highest BCUT2D eigenvalue weighted by Crippen LogP contribution is 2.14. The lowest BCUT2D eigenvalue weighted by molar-refractivity contribution is -0.122. The third-order valence-electron chi connectivity index (χ3n) is 3.06. The molecule has 1 aromatic carbocycles. The predicted molar refractivity (Wildman–Crippen MR) is 73.9 cm³/mol. The Hall–Kier alpha value is -1.42. The molecule has 1 atom stereocenters. The first-order valence-electron chi connectivity index (χ1n) is 6.73. The Morgan fingerprint density at radius 2 is 2.11 bits per heavy atom. The molecule has 1 N–H and O–H groups in total. The molecule has 2 rings (SSSR count). The van der Waals surface area contributed by atoms with Crippen LogP contribution in [0, 0.1) is 5.82 Å². The number of Topliss-reactive ketones (excluding diaryl/α,β-unsaturated/α-hetero) is 1. The molecule has 1 aliphatic carbocycles. The van der Waals surface area contributed by atoms with Gasteiger partial charge in [-0.05, 0) is 31.5 Å². The van der Waals surface area contributed by atoms with E-state index in [2.05, 4.69) is 10.1 Å². The van der Waals surface area contributed by atoms with Crippen LogP contribution in [0.3, 0.4) is 0 Å². The summed E-state index contributed by atoms with van der Waals surface area (Å²) in [7, 11) is 1.44. The minimum Gasteiger partial charge on any atom is -0.494 e. The van der Waals surface area contributed by atoms with Gasteiger partial charge in [-0.2, -0.15) is 0 Å². The Morgan fingerprint density at radius 1 is 1.37 bits per heavy atom. The summed E-state index contributed by atoms with van der Waals surface area (Å²) in [6.07, 6.45) is 4.15. The third kappa shape index (κ3) is 5.39. The number of carbonyl (C=O) groups excluding carboxylic acids is 1. The number of methoxy groups -OCH3 is 1. The van der Waals surface area contributed by atoms with Crippen LogP contribution >= 0.6 is 0 Å². The minimum atomic E-state index is -0.319. The zero-order valence-electron chi connectivity index (χ0n) is 11.6. The van der Waals surface area contributed by atoms with E-state index in [9.17, 15) is 9.18 Å². The maximum absolute atomic E-state index is 12.5. The number of para-hydroxylation sites is 1. The number of hydrogen-bond donors (Lipinski definition) is 1. The molecule has 0 bridgehead atoms. The first-order valence-corrected chi connectivity index (χ1v) is 6.73. The van der Waals surface area contributed by atoms with Gasteiger partial charge in [-0.1, -0.05) is 25.5 Å². The van der Waals surface area contributed by atoms with Crippen molar-refractivity contribution in [1.82, 2.24) is 5.32 Å². The van der Waals surface area contributed by atoms with Crippen molar-refractivity contribution in [1.29, 1.82) is 0 Å². The molecule has 19 heavy (non-hydrogen) atoms. The molecular weight excluding hydrogens is 245 g/mol. The molecule has 3 nitrogen and oxygen atoms in total. The monoisotopic (exact) mass is 267 g/mol. The fourth-order valence-electron chi connectivity index (χ4n) is 2.06. The van der Waals surface area contributed by atoms with Crippen molar-refractivity contribution in [2.75, 3.05) is 13.7 Å². The van der Waals surface area contributed by atoms with Crippen LogP contribution in [0.2, 0.25) is 0 Å². The van der Waals surface area contributed by atoms with Crippen molar-refractivity contribution in [3.05, 3.63) is 30.1 Å². The second kappa shape index (κ2) is 8.64. The van der Waals surface area contributed by atoms with E-state index in [0.717, 1.165) is 25.8 Å². The van der Waals surface area contributed by atoms with Crippen LogP contribution in [-0.4, -0.2) is 25.5 Å². The fourth-order valence-corrected chi connectivity index (χ4v) is 2.06. The molecule has 0 amide bonds. The molecule has 1 saturated carbocycles. The van der Waals surface area contributed by atoms with Gasteiger partial charge < -0.3 is 10.1 Å². The highest BCUT2D eigenvalue weighted by atomic mass is 19.1. The van der Waals surface area contributed by atoms with Crippen molar-refractivity contribution in [3.63, 3.8) is 0 Å². The summed E-state index contributed by atoms with van der Waals surface area (Å²) in [6.45, 7) is 2.96. The Morgan fingerprint density at radius 3 is 2.63 bits per heavy atom. The van der Waals surface area contributed by atoms with Gasteiger partial charge >= 0.3 is 0 Å². The van der Waals surface area contributed by atoms with Crippen LogP contribution in [-0.2, 0) is 4.79 Å². The lowest BCUT2D eigenvalue weighted by Gasteiger charge is -2.20. The van der Waals surface area contributed by atoms with Crippen molar-refractivity contribution in [3.8, 4) is 5.75 Å². The third-order valence-corrected chi connectivity index (χ3v) is 3.06. The molecular formula is C15H22FNO2. The number of ether oxygens (including phenoxy) is 1. The summed E-state index contributed by atoms with van der Waals surface area (Å²) >= 11 is 0. The first kappa shape index (κ1) is 15.6. The normalized spacial score (nSPS) is 18.5. The van der Waals surface area contributed by atoms with E-state index in [1.807, 2.05) is 6.92 Å². The summed E-state index contributed by atoms with van der Waals surface area (Å²) in [6, 6.07) is 6.47. The molecule has 4 heteroatoms. The smallest absolute Gasteiger partial charge is 0.165 e. The fraction of sp³-hybridized carbons (Fsp3) is 0.533. The van der Waals surface area contributed by atoms with E-state index in [0.29, 0.717) is 5.78 Å². The van der Waals surface area contributed by atoms with E-state index >= 15 is 0 Å². The number of ketones is 1. The van der Waals surface area contributed by atoms with E-state index in [1.54, 1.807) is 18.2 Å². The van der Waals surface area contributed by atoms with E-state index in [4.69, 9.17) is 0 Å². The maximum atomic E-state index is 12.5. The molecule has 0 radical (unpaired) electrons. The lowest BCUT2D eigenvalue weighted by atomic mass is 9.94. The Kier molecular flexibility index (Phi) is 7.11. The van der Waals surface area contributed by atoms with E-state index < -0.39 is 0 Å². The van der Waals surface area contributed by atoms with Gasteiger partial charge in [0, 0.05) is 6.42 Å². The van der Waals surface area contributed by atoms with Crippen LogP contribution in [0.15, 0.2) is 24.3 Å². The molecule has 0 saturated heterocycles. The van der Waals surface area contributed by atoms with Crippen LogP contribution in [0.1, 0.15) is 32.6 Å². The number of hydrogen-bond acceptors (Lipinski definition) is 3. The highest BCUT2D eigenvalue weighted by Gasteiger charge is 2.20. The van der Waals surface area contributed by atoms with Gasteiger partial charge in [0.25, 0.3) is 0 Å². The minimum absolute atomic E-state index is 0.179. The molecule has 0 spiro atoms. The number of likely N-dealkylation sites (N-methyl/N-ethyl adjacent to an activating group) is 1. The molecule has 1 aliphatic rings. The van der Waals surface area contributed by atoms with Gasteiger partial charge in [0.2, 0.25) is 0 Å². The summed E-state index contributed by atoms with van der Waals surface area (Å²) in [5.74, 6) is 0.380. The Bertz CT molecular complexity index is 393. The Labute approximate surface area is 114 Å². The second-order valence-corrected chi connectivity index (χ2v) is 4.46. The number of halogens is 1. The average molecular weight is 267 g/mol. The quantitative estimate of drug-likeness (QED) is 0.915. The molecule has 1 unspecified atom stereocenters. The molecule has 106 valence electrons. The van der Waals surface area contributed by atoms with Gasteiger partial charge in [0.1, 0.15) is 5.78 Å². The standard InChI is InChI=1S/C8H15NO.C7H7FO/c1-2-9-7-5-3-4-6-8(7)10;1-9-7-5-3-2-4-6(7)8/h7,9H,2-6H2,1H3;2-5H,1H3. The number of benzene rings is 1. The van der Waals surface area contributed by atoms with Gasteiger partial charge in [0.05, 0.1) is 13.2 Å².